The van der Waals surface area contributed by atoms with Crippen LogP contribution in [0.15, 0.2) is 48.5 Å². The molecule has 1 fully saturated rings. The van der Waals surface area contributed by atoms with Crippen LogP contribution in [0.3, 0.4) is 0 Å². The van der Waals surface area contributed by atoms with Crippen LogP contribution in [0.25, 0.3) is 11.1 Å². The Morgan fingerprint density at radius 1 is 1.17 bits per heavy atom. The van der Waals surface area contributed by atoms with Gasteiger partial charge in [-0.2, -0.15) is 0 Å². The highest BCUT2D eigenvalue weighted by Gasteiger charge is 2.53. The predicted octanol–water partition coefficient (Wildman–Crippen LogP) is 0.282. The molecule has 2 aromatic carbocycles. The number of amides is 1. The van der Waals surface area contributed by atoms with Crippen molar-refractivity contribution in [2.45, 2.75) is 37.1 Å². The lowest BCUT2D eigenvalue weighted by atomic mass is 9.88. The molecule has 1 heterocycles. The van der Waals surface area contributed by atoms with Crippen molar-refractivity contribution in [2.24, 2.45) is 0 Å². The molecule has 3 rings (SSSR count). The minimum Gasteiger partial charge on any atom is -0.462 e. The molecule has 0 unspecified atom stereocenters. The first-order valence-corrected chi connectivity index (χ1v) is 9.22. The highest BCUT2D eigenvalue weighted by Crippen LogP contribution is 2.32. The molecule has 8 heteroatoms. The van der Waals surface area contributed by atoms with Gasteiger partial charge in [-0.3, -0.25) is 4.79 Å². The Morgan fingerprint density at radius 2 is 1.86 bits per heavy atom. The maximum atomic E-state index is 11.8. The highest BCUT2D eigenvalue weighted by atomic mass is 16.7. The van der Waals surface area contributed by atoms with E-state index in [0.717, 1.165) is 11.1 Å². The maximum absolute atomic E-state index is 11.8. The van der Waals surface area contributed by atoms with E-state index in [1.807, 2.05) is 6.07 Å². The van der Waals surface area contributed by atoms with Crippen LogP contribution >= 0.6 is 0 Å². The van der Waals surface area contributed by atoms with E-state index >= 15 is 0 Å². The van der Waals surface area contributed by atoms with Crippen LogP contribution in [0, 0.1) is 0 Å². The SMILES string of the molecule is CNC(=O)c1cccc(-c2ccc(O[C@H]3O[C@H](CO)[C@@H](O)[C@H](O)[C@@]3(C)O)cc2)c1. The summed E-state index contributed by atoms with van der Waals surface area (Å²) in [6.07, 6.45) is -5.36. The van der Waals surface area contributed by atoms with Gasteiger partial charge >= 0.3 is 0 Å². The predicted molar refractivity (Wildman–Crippen MR) is 104 cm³/mol. The Hall–Kier alpha value is -2.49. The van der Waals surface area contributed by atoms with Gasteiger partial charge < -0.3 is 35.2 Å². The second-order valence-corrected chi connectivity index (χ2v) is 7.15. The van der Waals surface area contributed by atoms with Crippen molar-refractivity contribution < 1.29 is 34.7 Å². The Bertz CT molecular complexity index is 852. The number of rotatable bonds is 5. The summed E-state index contributed by atoms with van der Waals surface area (Å²) in [5, 5.41) is 42.5. The van der Waals surface area contributed by atoms with E-state index in [9.17, 15) is 25.2 Å². The Morgan fingerprint density at radius 3 is 2.48 bits per heavy atom. The van der Waals surface area contributed by atoms with Crippen LogP contribution in [-0.4, -0.2) is 70.2 Å². The van der Waals surface area contributed by atoms with Gasteiger partial charge in [-0.1, -0.05) is 24.3 Å². The van der Waals surface area contributed by atoms with Crippen molar-refractivity contribution in [3.63, 3.8) is 0 Å². The molecule has 1 amide bonds. The quantitative estimate of drug-likeness (QED) is 0.485. The third-order valence-corrected chi connectivity index (χ3v) is 5.04. The molecule has 8 nitrogen and oxygen atoms in total. The van der Waals surface area contributed by atoms with Crippen LogP contribution < -0.4 is 10.1 Å². The van der Waals surface area contributed by atoms with Crippen molar-refractivity contribution in [3.8, 4) is 16.9 Å². The molecule has 0 saturated carbocycles. The van der Waals surface area contributed by atoms with Gasteiger partial charge in [-0.05, 0) is 42.3 Å². The van der Waals surface area contributed by atoms with Gasteiger partial charge in [0.25, 0.3) is 5.91 Å². The summed E-state index contributed by atoms with van der Waals surface area (Å²) < 4.78 is 11.1. The zero-order chi connectivity index (χ0) is 21.2. The molecule has 1 aliphatic heterocycles. The normalized spacial score (nSPS) is 29.3. The Kier molecular flexibility index (Phi) is 6.21. The minimum absolute atomic E-state index is 0.178. The molecule has 29 heavy (non-hydrogen) atoms. The monoisotopic (exact) mass is 403 g/mol. The van der Waals surface area contributed by atoms with Crippen LogP contribution in [0.2, 0.25) is 0 Å². The number of carbonyl (C=O) groups excluding carboxylic acids is 1. The standard InChI is InChI=1S/C21H25NO7/c1-21(27)18(25)17(24)16(11-23)29-20(21)28-15-8-6-12(7-9-15)13-4-3-5-14(10-13)19(26)22-2/h3-10,16-18,20,23-25,27H,11H2,1-2H3,(H,22,26)/t16-,17-,18+,20+,21-/m1/s1. The topological polar surface area (TPSA) is 128 Å². The van der Waals surface area contributed by atoms with Crippen molar-refractivity contribution in [1.29, 1.82) is 0 Å². The van der Waals surface area contributed by atoms with Crippen molar-refractivity contribution in [3.05, 3.63) is 54.1 Å². The lowest BCUT2D eigenvalue weighted by Crippen LogP contribution is -2.66. The minimum atomic E-state index is -1.88. The molecule has 5 atom stereocenters. The smallest absolute Gasteiger partial charge is 0.251 e. The fraction of sp³-hybridized carbons (Fsp3) is 0.381. The first kappa shape index (κ1) is 21.2. The molecule has 5 N–H and O–H groups in total. The van der Waals surface area contributed by atoms with Crippen molar-refractivity contribution in [1.82, 2.24) is 5.32 Å². The number of aliphatic hydroxyl groups excluding tert-OH is 3. The van der Waals surface area contributed by atoms with Gasteiger partial charge in [-0.25, -0.2) is 0 Å². The average Bonchev–Trinajstić information content (AvgIpc) is 2.74. The summed E-state index contributed by atoms with van der Waals surface area (Å²) >= 11 is 0. The zero-order valence-electron chi connectivity index (χ0n) is 16.1. The Balaban J connectivity index is 1.78. The first-order chi connectivity index (χ1) is 13.8. The van der Waals surface area contributed by atoms with E-state index in [-0.39, 0.29) is 5.91 Å². The fourth-order valence-corrected chi connectivity index (χ4v) is 3.20. The average molecular weight is 403 g/mol. The van der Waals surface area contributed by atoms with Crippen LogP contribution in [0.4, 0.5) is 0 Å². The highest BCUT2D eigenvalue weighted by molar-refractivity contribution is 5.95. The van der Waals surface area contributed by atoms with E-state index in [2.05, 4.69) is 5.32 Å². The number of aliphatic hydroxyl groups is 4. The fourth-order valence-electron chi connectivity index (χ4n) is 3.20. The molecule has 0 aliphatic carbocycles. The molecule has 2 aromatic rings. The number of hydrogen-bond donors (Lipinski definition) is 5. The first-order valence-electron chi connectivity index (χ1n) is 9.22. The molecular weight excluding hydrogens is 378 g/mol. The number of benzene rings is 2. The number of hydrogen-bond acceptors (Lipinski definition) is 7. The third-order valence-electron chi connectivity index (χ3n) is 5.04. The summed E-state index contributed by atoms with van der Waals surface area (Å²) in [6, 6.07) is 14.0. The van der Waals surface area contributed by atoms with Crippen LogP contribution in [-0.2, 0) is 4.74 Å². The van der Waals surface area contributed by atoms with Gasteiger partial charge in [0.05, 0.1) is 6.61 Å². The van der Waals surface area contributed by atoms with Crippen LogP contribution in [0.5, 0.6) is 5.75 Å². The van der Waals surface area contributed by atoms with Gasteiger partial charge in [0.1, 0.15) is 24.1 Å². The summed E-state index contributed by atoms with van der Waals surface area (Å²) in [5.41, 5.74) is 0.353. The zero-order valence-corrected chi connectivity index (χ0v) is 16.1. The lowest BCUT2D eigenvalue weighted by molar-refractivity contribution is -0.314. The lowest BCUT2D eigenvalue weighted by Gasteiger charge is -2.45. The molecule has 1 aliphatic rings. The molecule has 156 valence electrons. The van der Waals surface area contributed by atoms with Crippen molar-refractivity contribution >= 4 is 5.91 Å². The molecule has 0 bridgehead atoms. The van der Waals surface area contributed by atoms with Gasteiger partial charge in [0.15, 0.2) is 5.60 Å². The van der Waals surface area contributed by atoms with E-state index in [1.54, 1.807) is 49.5 Å². The van der Waals surface area contributed by atoms with Gasteiger partial charge in [-0.15, -0.1) is 0 Å². The van der Waals surface area contributed by atoms with Gasteiger partial charge in [0, 0.05) is 12.6 Å². The Labute approximate surface area is 168 Å². The molecule has 0 aromatic heterocycles. The second kappa shape index (κ2) is 8.48. The largest absolute Gasteiger partial charge is 0.462 e. The number of ether oxygens (including phenoxy) is 2. The van der Waals surface area contributed by atoms with E-state index in [0.29, 0.717) is 11.3 Å². The maximum Gasteiger partial charge on any atom is 0.251 e. The molecular formula is C21H25NO7. The summed E-state index contributed by atoms with van der Waals surface area (Å²) in [7, 11) is 1.57. The van der Waals surface area contributed by atoms with E-state index in [4.69, 9.17) is 9.47 Å². The van der Waals surface area contributed by atoms with E-state index < -0.39 is 36.8 Å². The number of nitrogens with one attached hydrogen (secondary N) is 1. The summed E-state index contributed by atoms with van der Waals surface area (Å²) in [4.78, 5) is 11.8. The number of carbonyl (C=O) groups is 1. The second-order valence-electron chi connectivity index (χ2n) is 7.15. The summed E-state index contributed by atoms with van der Waals surface area (Å²) in [6.45, 7) is 0.757. The summed E-state index contributed by atoms with van der Waals surface area (Å²) in [5.74, 6) is 0.185. The molecule has 0 radical (unpaired) electrons. The third kappa shape index (κ3) is 4.26. The van der Waals surface area contributed by atoms with E-state index in [1.165, 1.54) is 6.92 Å². The molecule has 1 saturated heterocycles. The van der Waals surface area contributed by atoms with Crippen molar-refractivity contribution in [2.75, 3.05) is 13.7 Å². The van der Waals surface area contributed by atoms with Gasteiger partial charge in [0.2, 0.25) is 6.29 Å². The van der Waals surface area contributed by atoms with Crippen LogP contribution in [0.1, 0.15) is 17.3 Å². The molecule has 0 spiro atoms.